The molecule has 33 heavy (non-hydrogen) atoms. The summed E-state index contributed by atoms with van der Waals surface area (Å²) in [5.74, 6) is -1.21. The van der Waals surface area contributed by atoms with Crippen molar-refractivity contribution in [2.24, 2.45) is 5.92 Å². The molecule has 0 heterocycles. The lowest BCUT2D eigenvalue weighted by Gasteiger charge is -2.22. The number of benzene rings is 3. The zero-order valence-electron chi connectivity index (χ0n) is 19.2. The highest BCUT2D eigenvalue weighted by atomic mass is 19.2. The molecule has 0 radical (unpaired) electrons. The number of aryl methyl sites for hydroxylation is 1. The van der Waals surface area contributed by atoms with Gasteiger partial charge in [-0.1, -0.05) is 66.8 Å². The molecule has 3 aromatic rings. The molecule has 0 saturated carbocycles. The van der Waals surface area contributed by atoms with Gasteiger partial charge in [0, 0.05) is 11.1 Å². The lowest BCUT2D eigenvalue weighted by Crippen LogP contribution is -2.06. The van der Waals surface area contributed by atoms with Crippen LogP contribution in [0.2, 0.25) is 0 Å². The summed E-state index contributed by atoms with van der Waals surface area (Å²) >= 11 is 0. The zero-order chi connectivity index (χ0) is 23.4. The van der Waals surface area contributed by atoms with Gasteiger partial charge in [0.1, 0.15) is 5.82 Å². The van der Waals surface area contributed by atoms with Gasteiger partial charge in [0.2, 0.25) is 0 Å². The third-order valence-electron chi connectivity index (χ3n) is 6.62. The SMILES string of the molecule is CC=CCCC1CC=C(c2ccc(-c3ccc(-c4ccc(C)c(F)c4F)cc3)cc2F)CC1. The van der Waals surface area contributed by atoms with Crippen LogP contribution in [0.4, 0.5) is 13.2 Å². The van der Waals surface area contributed by atoms with E-state index in [1.54, 1.807) is 30.3 Å². The number of halogens is 3. The Morgan fingerprint density at radius 3 is 2.21 bits per heavy atom. The third-order valence-corrected chi connectivity index (χ3v) is 6.62. The molecular formula is C30H29F3. The Labute approximate surface area is 194 Å². The highest BCUT2D eigenvalue weighted by Gasteiger charge is 2.18. The average Bonchev–Trinajstić information content (AvgIpc) is 2.83. The minimum absolute atomic E-state index is 0.221. The van der Waals surface area contributed by atoms with Crippen molar-refractivity contribution in [3.8, 4) is 22.3 Å². The highest BCUT2D eigenvalue weighted by Crippen LogP contribution is 2.35. The zero-order valence-corrected chi connectivity index (χ0v) is 19.2. The van der Waals surface area contributed by atoms with Crippen LogP contribution < -0.4 is 0 Å². The molecule has 0 bridgehead atoms. The molecule has 1 aliphatic rings. The van der Waals surface area contributed by atoms with E-state index in [0.29, 0.717) is 17.0 Å². The van der Waals surface area contributed by atoms with E-state index in [4.69, 9.17) is 0 Å². The van der Waals surface area contributed by atoms with Crippen LogP contribution in [-0.4, -0.2) is 0 Å². The molecular weight excluding hydrogens is 417 g/mol. The molecule has 0 nitrogen and oxygen atoms in total. The second-order valence-corrected chi connectivity index (χ2v) is 8.85. The Balaban J connectivity index is 1.50. The van der Waals surface area contributed by atoms with Crippen molar-refractivity contribution < 1.29 is 13.2 Å². The van der Waals surface area contributed by atoms with Crippen molar-refractivity contribution in [1.82, 2.24) is 0 Å². The lowest BCUT2D eigenvalue weighted by atomic mass is 9.84. The highest BCUT2D eigenvalue weighted by molar-refractivity contribution is 5.74. The Morgan fingerprint density at radius 2 is 1.55 bits per heavy atom. The number of allylic oxidation sites excluding steroid dienone is 4. The van der Waals surface area contributed by atoms with E-state index in [2.05, 4.69) is 18.2 Å². The van der Waals surface area contributed by atoms with Gasteiger partial charge in [0.05, 0.1) is 0 Å². The molecule has 1 atom stereocenters. The summed E-state index contributed by atoms with van der Waals surface area (Å²) in [7, 11) is 0. The largest absolute Gasteiger partial charge is 0.206 e. The van der Waals surface area contributed by atoms with Gasteiger partial charge in [-0.15, -0.1) is 0 Å². The van der Waals surface area contributed by atoms with Crippen molar-refractivity contribution in [3.05, 3.63) is 101 Å². The first-order valence-corrected chi connectivity index (χ1v) is 11.6. The summed E-state index contributed by atoms with van der Waals surface area (Å²) in [6.07, 6.45) is 11.8. The first kappa shape index (κ1) is 23.1. The molecule has 3 heteroatoms. The van der Waals surface area contributed by atoms with Crippen LogP contribution in [-0.2, 0) is 0 Å². The normalized spacial score (nSPS) is 16.3. The van der Waals surface area contributed by atoms with Gasteiger partial charge in [0.15, 0.2) is 11.6 Å². The molecule has 0 spiro atoms. The fourth-order valence-electron chi connectivity index (χ4n) is 4.56. The van der Waals surface area contributed by atoms with Crippen molar-refractivity contribution in [2.75, 3.05) is 0 Å². The van der Waals surface area contributed by atoms with Crippen molar-refractivity contribution in [3.63, 3.8) is 0 Å². The lowest BCUT2D eigenvalue weighted by molar-refractivity contribution is 0.453. The summed E-state index contributed by atoms with van der Waals surface area (Å²) in [5.41, 5.74) is 4.45. The minimum Gasteiger partial charge on any atom is -0.206 e. The van der Waals surface area contributed by atoms with Gasteiger partial charge in [0.25, 0.3) is 0 Å². The van der Waals surface area contributed by atoms with Crippen LogP contribution in [0.1, 0.15) is 50.2 Å². The van der Waals surface area contributed by atoms with Gasteiger partial charge in [-0.05, 0) is 85.8 Å². The van der Waals surface area contributed by atoms with E-state index in [9.17, 15) is 8.78 Å². The minimum atomic E-state index is -0.844. The van der Waals surface area contributed by atoms with E-state index < -0.39 is 11.6 Å². The molecule has 0 aromatic heterocycles. The van der Waals surface area contributed by atoms with E-state index in [1.165, 1.54) is 13.3 Å². The van der Waals surface area contributed by atoms with Crippen LogP contribution in [0.3, 0.4) is 0 Å². The van der Waals surface area contributed by atoms with Crippen LogP contribution in [0.5, 0.6) is 0 Å². The first-order valence-electron chi connectivity index (χ1n) is 11.6. The van der Waals surface area contributed by atoms with Crippen molar-refractivity contribution in [1.29, 1.82) is 0 Å². The van der Waals surface area contributed by atoms with E-state index in [-0.39, 0.29) is 16.9 Å². The summed E-state index contributed by atoms with van der Waals surface area (Å²) in [5, 5.41) is 0. The van der Waals surface area contributed by atoms with E-state index >= 15 is 4.39 Å². The topological polar surface area (TPSA) is 0 Å². The maximum Gasteiger partial charge on any atom is 0.166 e. The van der Waals surface area contributed by atoms with E-state index in [1.807, 2.05) is 31.2 Å². The first-order chi connectivity index (χ1) is 16.0. The third kappa shape index (κ3) is 5.13. The molecule has 1 unspecified atom stereocenters. The molecule has 0 saturated heterocycles. The number of hydrogen-bond donors (Lipinski definition) is 0. The summed E-state index contributed by atoms with van der Waals surface area (Å²) in [4.78, 5) is 0. The van der Waals surface area contributed by atoms with E-state index in [0.717, 1.165) is 42.4 Å². The molecule has 0 fully saturated rings. The Kier molecular flexibility index (Phi) is 7.17. The van der Waals surface area contributed by atoms with Crippen molar-refractivity contribution >= 4 is 5.57 Å². The molecule has 4 rings (SSSR count). The maximum absolute atomic E-state index is 15.0. The summed E-state index contributed by atoms with van der Waals surface area (Å²) in [6, 6.07) is 15.6. The molecule has 0 amide bonds. The predicted molar refractivity (Wildman–Crippen MR) is 131 cm³/mol. The summed E-state index contributed by atoms with van der Waals surface area (Å²) in [6.45, 7) is 3.58. The Morgan fingerprint density at radius 1 is 0.848 bits per heavy atom. The van der Waals surface area contributed by atoms with Crippen LogP contribution >= 0.6 is 0 Å². The number of rotatable bonds is 6. The Hall–Kier alpha value is -3.07. The average molecular weight is 447 g/mol. The van der Waals surface area contributed by atoms with Crippen LogP contribution in [0.15, 0.2) is 72.8 Å². The fourth-order valence-corrected chi connectivity index (χ4v) is 4.56. The fraction of sp³-hybridized carbons (Fsp3) is 0.267. The molecule has 170 valence electrons. The molecule has 1 aliphatic carbocycles. The van der Waals surface area contributed by atoms with Gasteiger partial charge >= 0.3 is 0 Å². The molecule has 0 aliphatic heterocycles. The monoisotopic (exact) mass is 446 g/mol. The molecule has 0 N–H and O–H groups in total. The smallest absolute Gasteiger partial charge is 0.166 e. The molecule has 3 aromatic carbocycles. The van der Waals surface area contributed by atoms with Gasteiger partial charge in [-0.25, -0.2) is 13.2 Å². The standard InChI is InChI=1S/C30H29F3/c1-3-4-5-6-21-8-10-23(11-9-21)26-18-16-25(19-28(26)31)22-12-14-24(15-13-22)27-17-7-20(2)29(32)30(27)33/h3-4,7,10,12-19,21H,5-6,8-9,11H2,1-2H3. The second kappa shape index (κ2) is 10.2. The van der Waals surface area contributed by atoms with Gasteiger partial charge in [-0.2, -0.15) is 0 Å². The quantitative estimate of drug-likeness (QED) is 0.331. The van der Waals surface area contributed by atoms with Gasteiger partial charge in [-0.3, -0.25) is 0 Å². The van der Waals surface area contributed by atoms with Gasteiger partial charge < -0.3 is 0 Å². The second-order valence-electron chi connectivity index (χ2n) is 8.85. The van der Waals surface area contributed by atoms with Crippen LogP contribution in [0, 0.1) is 30.3 Å². The Bertz CT molecular complexity index is 1190. The summed E-state index contributed by atoms with van der Waals surface area (Å²) < 4.78 is 43.2. The van der Waals surface area contributed by atoms with Crippen LogP contribution in [0.25, 0.3) is 27.8 Å². The maximum atomic E-state index is 15.0. The predicted octanol–water partition coefficient (Wildman–Crippen LogP) is 9.29. The number of hydrogen-bond acceptors (Lipinski definition) is 0. The van der Waals surface area contributed by atoms with Crippen molar-refractivity contribution in [2.45, 2.75) is 46.0 Å².